The number of hydrogen-bond donors (Lipinski definition) is 0. The van der Waals surface area contributed by atoms with E-state index in [-0.39, 0.29) is 0 Å². The van der Waals surface area contributed by atoms with Crippen LogP contribution in [0.3, 0.4) is 0 Å². The lowest BCUT2D eigenvalue weighted by molar-refractivity contribution is -0.0645. The molecule has 2 heterocycles. The first kappa shape index (κ1) is 18.7. The molecule has 1 unspecified atom stereocenters. The highest BCUT2D eigenvalue weighted by molar-refractivity contribution is 4.97. The molecule has 1 atom stereocenters. The quantitative estimate of drug-likeness (QED) is 0.662. The van der Waals surface area contributed by atoms with E-state index in [1.165, 1.54) is 90.5 Å². The lowest BCUT2D eigenvalue weighted by atomic mass is 9.89. The van der Waals surface area contributed by atoms with Gasteiger partial charge >= 0.3 is 0 Å². The second kappa shape index (κ2) is 8.51. The van der Waals surface area contributed by atoms with Crippen molar-refractivity contribution in [1.82, 2.24) is 9.80 Å². The number of likely N-dealkylation sites (tertiary alicyclic amines) is 2. The maximum Gasteiger partial charge on any atom is 0.0603 e. The van der Waals surface area contributed by atoms with Gasteiger partial charge in [-0.15, -0.1) is 0 Å². The molecule has 2 aliphatic heterocycles. The van der Waals surface area contributed by atoms with Crippen molar-refractivity contribution in [3.63, 3.8) is 0 Å². The maximum atomic E-state index is 6.42. The number of rotatable bonds is 8. The van der Waals surface area contributed by atoms with Crippen molar-refractivity contribution < 1.29 is 4.74 Å². The summed E-state index contributed by atoms with van der Waals surface area (Å²) in [7, 11) is 2.23. The van der Waals surface area contributed by atoms with E-state index in [1.54, 1.807) is 0 Å². The van der Waals surface area contributed by atoms with E-state index in [1.807, 2.05) is 0 Å². The average Bonchev–Trinajstić information content (AvgIpc) is 3.31. The minimum atomic E-state index is 0.530. The van der Waals surface area contributed by atoms with E-state index < -0.39 is 0 Å². The Kier molecular flexibility index (Phi) is 6.62. The predicted octanol–water partition coefficient (Wildman–Crippen LogP) is 4.17. The molecular formula is C21H40N2O. The summed E-state index contributed by atoms with van der Waals surface area (Å²) < 4.78 is 6.42. The maximum absolute atomic E-state index is 6.42. The zero-order valence-corrected chi connectivity index (χ0v) is 16.4. The zero-order chi connectivity index (χ0) is 17.0. The van der Waals surface area contributed by atoms with Crippen molar-refractivity contribution in [1.29, 1.82) is 0 Å². The third-order valence-electron chi connectivity index (χ3n) is 6.66. The fourth-order valence-corrected chi connectivity index (χ4v) is 5.01. The van der Waals surface area contributed by atoms with E-state index in [0.717, 1.165) is 5.92 Å². The molecule has 0 spiro atoms. The van der Waals surface area contributed by atoms with Gasteiger partial charge in [0.05, 0.1) is 12.2 Å². The third-order valence-corrected chi connectivity index (χ3v) is 6.66. The van der Waals surface area contributed by atoms with Crippen molar-refractivity contribution in [2.75, 3.05) is 39.8 Å². The summed E-state index contributed by atoms with van der Waals surface area (Å²) in [5.41, 5.74) is 0.691. The average molecular weight is 337 g/mol. The third kappa shape index (κ3) is 5.44. The standard InChI is InChI=1S/C21H40N2O/c1-4-5-18(2)16-21(10-11-21)17-23-14-8-20(9-15-23)24-19-6-12-22(3)13-7-19/h18-20H,4-17H2,1-3H3. The summed E-state index contributed by atoms with van der Waals surface area (Å²) >= 11 is 0. The van der Waals surface area contributed by atoms with Gasteiger partial charge in [-0.2, -0.15) is 0 Å². The Morgan fingerprint density at radius 1 is 1.00 bits per heavy atom. The van der Waals surface area contributed by atoms with Gasteiger partial charge < -0.3 is 14.5 Å². The molecule has 3 heteroatoms. The van der Waals surface area contributed by atoms with Crippen LogP contribution in [0.4, 0.5) is 0 Å². The summed E-state index contributed by atoms with van der Waals surface area (Å²) in [5, 5.41) is 0. The highest BCUT2D eigenvalue weighted by Crippen LogP contribution is 2.51. The smallest absolute Gasteiger partial charge is 0.0603 e. The molecule has 3 fully saturated rings. The first-order valence-electron chi connectivity index (χ1n) is 10.6. The molecule has 3 rings (SSSR count). The van der Waals surface area contributed by atoms with Crippen LogP contribution >= 0.6 is 0 Å². The molecule has 0 aromatic heterocycles. The predicted molar refractivity (Wildman–Crippen MR) is 101 cm³/mol. The van der Waals surface area contributed by atoms with Crippen molar-refractivity contribution in [2.45, 2.75) is 83.8 Å². The van der Waals surface area contributed by atoms with Gasteiger partial charge in [0, 0.05) is 32.7 Å². The minimum Gasteiger partial charge on any atom is -0.375 e. The highest BCUT2D eigenvalue weighted by atomic mass is 16.5. The van der Waals surface area contributed by atoms with Crippen LogP contribution < -0.4 is 0 Å². The van der Waals surface area contributed by atoms with Crippen LogP contribution in [-0.2, 0) is 4.74 Å². The second-order valence-corrected chi connectivity index (χ2v) is 9.21. The molecule has 1 aliphatic carbocycles. The monoisotopic (exact) mass is 336 g/mol. The first-order chi connectivity index (χ1) is 11.6. The van der Waals surface area contributed by atoms with Gasteiger partial charge in [0.1, 0.15) is 0 Å². The second-order valence-electron chi connectivity index (χ2n) is 9.21. The molecule has 0 amide bonds. The number of piperidine rings is 2. The van der Waals surface area contributed by atoms with E-state index in [2.05, 4.69) is 30.7 Å². The Morgan fingerprint density at radius 3 is 2.12 bits per heavy atom. The summed E-state index contributed by atoms with van der Waals surface area (Å²) in [5.74, 6) is 0.919. The van der Waals surface area contributed by atoms with Gasteiger partial charge in [-0.1, -0.05) is 26.7 Å². The lowest BCUT2D eigenvalue weighted by Crippen LogP contribution is -2.43. The molecule has 3 aliphatic rings. The van der Waals surface area contributed by atoms with Gasteiger partial charge in [0.15, 0.2) is 0 Å². The molecule has 0 aromatic rings. The van der Waals surface area contributed by atoms with Crippen LogP contribution in [0.1, 0.15) is 71.6 Å². The Morgan fingerprint density at radius 2 is 1.58 bits per heavy atom. The number of nitrogens with zero attached hydrogens (tertiary/aromatic N) is 2. The molecule has 3 nitrogen and oxygen atoms in total. The van der Waals surface area contributed by atoms with Gasteiger partial charge in [0.2, 0.25) is 0 Å². The fourth-order valence-electron chi connectivity index (χ4n) is 5.01. The van der Waals surface area contributed by atoms with Crippen LogP contribution in [-0.4, -0.2) is 61.8 Å². The largest absolute Gasteiger partial charge is 0.375 e. The number of hydrogen-bond acceptors (Lipinski definition) is 3. The van der Waals surface area contributed by atoms with Crippen LogP contribution in [0.5, 0.6) is 0 Å². The van der Waals surface area contributed by atoms with Crippen molar-refractivity contribution in [2.24, 2.45) is 11.3 Å². The Labute approximate surface area is 150 Å². The van der Waals surface area contributed by atoms with Gasteiger partial charge in [-0.25, -0.2) is 0 Å². The van der Waals surface area contributed by atoms with Gasteiger partial charge in [-0.05, 0) is 63.3 Å². The molecule has 24 heavy (non-hydrogen) atoms. The van der Waals surface area contributed by atoms with Crippen molar-refractivity contribution in [3.8, 4) is 0 Å². The Bertz CT molecular complexity index is 366. The first-order valence-corrected chi connectivity index (χ1v) is 10.6. The summed E-state index contributed by atoms with van der Waals surface area (Å²) in [6.45, 7) is 11.1. The summed E-state index contributed by atoms with van der Waals surface area (Å²) in [6, 6.07) is 0. The highest BCUT2D eigenvalue weighted by Gasteiger charge is 2.44. The Balaban J connectivity index is 1.35. The summed E-state index contributed by atoms with van der Waals surface area (Å²) in [4.78, 5) is 5.18. The van der Waals surface area contributed by atoms with Crippen LogP contribution in [0.25, 0.3) is 0 Å². The van der Waals surface area contributed by atoms with E-state index >= 15 is 0 Å². The SMILES string of the molecule is CCCC(C)CC1(CN2CCC(OC3CCN(C)CC3)CC2)CC1. The fraction of sp³-hybridized carbons (Fsp3) is 1.00. The van der Waals surface area contributed by atoms with Crippen LogP contribution in [0.2, 0.25) is 0 Å². The van der Waals surface area contributed by atoms with Gasteiger partial charge in [0.25, 0.3) is 0 Å². The Hall–Kier alpha value is -0.120. The zero-order valence-electron chi connectivity index (χ0n) is 16.4. The van der Waals surface area contributed by atoms with E-state index in [0.29, 0.717) is 17.6 Å². The molecule has 0 N–H and O–H groups in total. The molecular weight excluding hydrogens is 296 g/mol. The van der Waals surface area contributed by atoms with Crippen molar-refractivity contribution >= 4 is 0 Å². The number of ether oxygens (including phenoxy) is 1. The van der Waals surface area contributed by atoms with Crippen LogP contribution in [0.15, 0.2) is 0 Å². The van der Waals surface area contributed by atoms with Crippen LogP contribution in [0, 0.1) is 11.3 Å². The topological polar surface area (TPSA) is 15.7 Å². The molecule has 0 aromatic carbocycles. The summed E-state index contributed by atoms with van der Waals surface area (Å²) in [6.07, 6.45) is 13.2. The molecule has 140 valence electrons. The molecule has 1 saturated carbocycles. The molecule has 0 radical (unpaired) electrons. The molecule has 0 bridgehead atoms. The van der Waals surface area contributed by atoms with Gasteiger partial charge in [-0.3, -0.25) is 0 Å². The van der Waals surface area contributed by atoms with E-state index in [4.69, 9.17) is 4.74 Å². The van der Waals surface area contributed by atoms with E-state index in [9.17, 15) is 0 Å². The lowest BCUT2D eigenvalue weighted by Gasteiger charge is -2.37. The normalized spacial score (nSPS) is 28.1. The minimum absolute atomic E-state index is 0.530. The molecule has 2 saturated heterocycles. The van der Waals surface area contributed by atoms with Crippen molar-refractivity contribution in [3.05, 3.63) is 0 Å².